The molecule has 0 saturated carbocycles. The van der Waals surface area contributed by atoms with Crippen molar-refractivity contribution in [2.75, 3.05) is 39.3 Å². The number of likely N-dealkylation sites (N-methyl/N-ethyl adjacent to an activating group) is 1. The van der Waals surface area contributed by atoms with E-state index in [1.165, 1.54) is 0 Å². The first kappa shape index (κ1) is 12.3. The first-order valence-electron chi connectivity index (χ1n) is 5.54. The zero-order valence-electron chi connectivity index (χ0n) is 10.3. The predicted molar refractivity (Wildman–Crippen MR) is 69.6 cm³/mol. The lowest BCUT2D eigenvalue weighted by molar-refractivity contribution is 0.404. The molecule has 1 atom stereocenters. The number of ether oxygens (including phenoxy) is 2. The van der Waals surface area contributed by atoms with Crippen molar-refractivity contribution in [3.8, 4) is 11.5 Å². The molecule has 1 aromatic carbocycles. The van der Waals surface area contributed by atoms with Gasteiger partial charge in [-0.15, -0.1) is 0 Å². The van der Waals surface area contributed by atoms with Crippen molar-refractivity contribution >= 4 is 17.3 Å². The lowest BCUT2D eigenvalue weighted by Crippen LogP contribution is -2.17. The molecule has 5 heteroatoms. The van der Waals surface area contributed by atoms with Gasteiger partial charge in [0.05, 0.1) is 31.0 Å². The molecular weight excluding hydrogens is 240 g/mol. The molecule has 1 saturated heterocycles. The van der Waals surface area contributed by atoms with Gasteiger partial charge in [0.1, 0.15) is 11.5 Å². The highest BCUT2D eigenvalue weighted by Crippen LogP contribution is 2.42. The molecule has 2 rings (SSSR count). The van der Waals surface area contributed by atoms with Crippen LogP contribution in [0.25, 0.3) is 0 Å². The topological polar surface area (TPSA) is 33.5 Å². The van der Waals surface area contributed by atoms with Crippen molar-refractivity contribution in [3.63, 3.8) is 0 Å². The van der Waals surface area contributed by atoms with Gasteiger partial charge in [0.15, 0.2) is 0 Å². The van der Waals surface area contributed by atoms with Crippen LogP contribution in [0.4, 0.5) is 5.69 Å². The fraction of sp³-hybridized carbons (Fsp3) is 0.500. The first-order valence-corrected chi connectivity index (χ1v) is 5.91. The second-order valence-electron chi connectivity index (χ2n) is 4.02. The van der Waals surface area contributed by atoms with Crippen LogP contribution in [0.2, 0.25) is 5.02 Å². The predicted octanol–water partition coefficient (Wildman–Crippen LogP) is 1.77. The minimum Gasteiger partial charge on any atom is -0.495 e. The van der Waals surface area contributed by atoms with Crippen LogP contribution >= 0.6 is 11.6 Å². The molecule has 1 N–H and O–H groups in total. The summed E-state index contributed by atoms with van der Waals surface area (Å²) in [5.41, 5.74) is 1.04. The van der Waals surface area contributed by atoms with Crippen LogP contribution in [0.15, 0.2) is 12.1 Å². The third kappa shape index (κ3) is 2.42. The van der Waals surface area contributed by atoms with Gasteiger partial charge in [-0.3, -0.25) is 0 Å². The van der Waals surface area contributed by atoms with Gasteiger partial charge < -0.3 is 19.7 Å². The fourth-order valence-corrected chi connectivity index (χ4v) is 2.18. The molecule has 1 aromatic rings. The number of rotatable bonds is 5. The van der Waals surface area contributed by atoms with E-state index in [0.717, 1.165) is 24.5 Å². The Bertz CT molecular complexity index is 412. The average Bonchev–Trinajstić information content (AvgIpc) is 3.08. The van der Waals surface area contributed by atoms with E-state index in [1.807, 2.05) is 13.1 Å². The third-order valence-electron chi connectivity index (χ3n) is 2.92. The van der Waals surface area contributed by atoms with Gasteiger partial charge in [-0.2, -0.15) is 0 Å². The van der Waals surface area contributed by atoms with Gasteiger partial charge >= 0.3 is 0 Å². The quantitative estimate of drug-likeness (QED) is 0.814. The van der Waals surface area contributed by atoms with Crippen molar-refractivity contribution in [2.45, 2.75) is 6.04 Å². The number of hydrogen-bond acceptors (Lipinski definition) is 4. The summed E-state index contributed by atoms with van der Waals surface area (Å²) in [5.74, 6) is 1.46. The zero-order valence-corrected chi connectivity index (χ0v) is 11.0. The average molecular weight is 257 g/mol. The monoisotopic (exact) mass is 256 g/mol. The molecule has 1 heterocycles. The second-order valence-corrected chi connectivity index (χ2v) is 4.43. The minimum atomic E-state index is 0.528. The van der Waals surface area contributed by atoms with E-state index in [4.69, 9.17) is 21.1 Å². The SMILES string of the molecule is CNCC1CN1c1cc(OC)c(Cl)cc1OC. The molecular formula is C12H17ClN2O2. The number of benzene rings is 1. The van der Waals surface area contributed by atoms with Crippen LogP contribution in [0.1, 0.15) is 0 Å². The van der Waals surface area contributed by atoms with Crippen molar-refractivity contribution in [1.82, 2.24) is 5.32 Å². The largest absolute Gasteiger partial charge is 0.495 e. The Morgan fingerprint density at radius 1 is 1.35 bits per heavy atom. The lowest BCUT2D eigenvalue weighted by Gasteiger charge is -2.14. The maximum Gasteiger partial charge on any atom is 0.143 e. The molecule has 4 nitrogen and oxygen atoms in total. The molecule has 0 aliphatic carbocycles. The summed E-state index contributed by atoms with van der Waals surface area (Å²) >= 11 is 6.07. The summed E-state index contributed by atoms with van der Waals surface area (Å²) in [6.07, 6.45) is 0. The third-order valence-corrected chi connectivity index (χ3v) is 3.21. The smallest absolute Gasteiger partial charge is 0.143 e. The molecule has 17 heavy (non-hydrogen) atoms. The van der Waals surface area contributed by atoms with Gasteiger partial charge in [-0.25, -0.2) is 0 Å². The van der Waals surface area contributed by atoms with Crippen LogP contribution in [0.3, 0.4) is 0 Å². The van der Waals surface area contributed by atoms with E-state index < -0.39 is 0 Å². The maximum absolute atomic E-state index is 6.07. The Labute approximate surface area is 106 Å². The molecule has 0 spiro atoms. The number of nitrogens with one attached hydrogen (secondary N) is 1. The first-order chi connectivity index (χ1) is 8.21. The summed E-state index contributed by atoms with van der Waals surface area (Å²) in [5, 5.41) is 3.74. The van der Waals surface area contributed by atoms with Crippen LogP contribution in [-0.4, -0.2) is 40.4 Å². The molecule has 0 radical (unpaired) electrons. The summed E-state index contributed by atoms with van der Waals surface area (Å²) < 4.78 is 10.6. The second kappa shape index (κ2) is 5.02. The number of hydrogen-bond donors (Lipinski definition) is 1. The number of nitrogens with zero attached hydrogens (tertiary/aromatic N) is 1. The summed E-state index contributed by atoms with van der Waals surface area (Å²) in [6.45, 7) is 2.00. The van der Waals surface area contributed by atoms with Crippen molar-refractivity contribution in [3.05, 3.63) is 17.2 Å². The molecule has 1 aliphatic rings. The Morgan fingerprint density at radius 2 is 2.06 bits per heavy atom. The molecule has 0 amide bonds. The molecule has 1 unspecified atom stereocenters. The molecule has 1 fully saturated rings. The molecule has 1 aliphatic heterocycles. The highest BCUT2D eigenvalue weighted by atomic mass is 35.5. The van der Waals surface area contributed by atoms with Crippen molar-refractivity contribution in [1.29, 1.82) is 0 Å². The van der Waals surface area contributed by atoms with E-state index >= 15 is 0 Å². The fourth-order valence-electron chi connectivity index (χ4n) is 1.95. The highest BCUT2D eigenvalue weighted by molar-refractivity contribution is 6.32. The van der Waals surface area contributed by atoms with E-state index in [2.05, 4.69) is 10.2 Å². The van der Waals surface area contributed by atoms with Gasteiger partial charge in [0.2, 0.25) is 0 Å². The minimum absolute atomic E-state index is 0.528. The van der Waals surface area contributed by atoms with E-state index in [1.54, 1.807) is 20.3 Å². The summed E-state index contributed by atoms with van der Waals surface area (Å²) in [6, 6.07) is 4.25. The van der Waals surface area contributed by atoms with E-state index in [-0.39, 0.29) is 0 Å². The van der Waals surface area contributed by atoms with Crippen LogP contribution in [0, 0.1) is 0 Å². The Morgan fingerprint density at radius 3 is 2.65 bits per heavy atom. The van der Waals surface area contributed by atoms with Crippen LogP contribution < -0.4 is 19.7 Å². The molecule has 0 aromatic heterocycles. The number of methoxy groups -OCH3 is 2. The van der Waals surface area contributed by atoms with Gasteiger partial charge in [0, 0.05) is 25.2 Å². The number of halogens is 1. The normalized spacial score (nSPS) is 18.1. The Balaban J connectivity index is 2.26. The van der Waals surface area contributed by atoms with Crippen LogP contribution in [-0.2, 0) is 0 Å². The summed E-state index contributed by atoms with van der Waals surface area (Å²) in [4.78, 5) is 2.26. The van der Waals surface area contributed by atoms with Crippen LogP contribution in [0.5, 0.6) is 11.5 Å². The summed E-state index contributed by atoms with van der Waals surface area (Å²) in [7, 11) is 5.22. The zero-order chi connectivity index (χ0) is 12.4. The molecule has 0 bridgehead atoms. The van der Waals surface area contributed by atoms with Crippen molar-refractivity contribution in [2.24, 2.45) is 0 Å². The maximum atomic E-state index is 6.07. The lowest BCUT2D eigenvalue weighted by atomic mass is 10.2. The Hall–Kier alpha value is -1.13. The Kier molecular flexibility index (Phi) is 3.64. The van der Waals surface area contributed by atoms with E-state index in [0.29, 0.717) is 16.8 Å². The standard InChI is InChI=1S/C12H17ClN2O2/c1-14-6-8-7-15(8)10-5-11(16-2)9(13)4-12(10)17-3/h4-5,8,14H,6-7H2,1-3H3. The van der Waals surface area contributed by atoms with Gasteiger partial charge in [-0.1, -0.05) is 11.6 Å². The van der Waals surface area contributed by atoms with Gasteiger partial charge in [0.25, 0.3) is 0 Å². The van der Waals surface area contributed by atoms with Gasteiger partial charge in [-0.05, 0) is 7.05 Å². The van der Waals surface area contributed by atoms with E-state index in [9.17, 15) is 0 Å². The van der Waals surface area contributed by atoms with Crippen molar-refractivity contribution < 1.29 is 9.47 Å². The highest BCUT2D eigenvalue weighted by Gasteiger charge is 2.35. The molecule has 94 valence electrons. The number of anilines is 1.